The van der Waals surface area contributed by atoms with Crippen molar-refractivity contribution in [2.45, 2.75) is 37.2 Å². The van der Waals surface area contributed by atoms with Crippen LogP contribution >= 0.6 is 23.1 Å². The van der Waals surface area contributed by atoms with Gasteiger partial charge in [0.15, 0.2) is 0 Å². The molecule has 1 heterocycles. The molecule has 2 aromatic rings. The minimum atomic E-state index is -4.28. The first-order valence-corrected chi connectivity index (χ1v) is 8.08. The lowest BCUT2D eigenvalue weighted by Gasteiger charge is -2.18. The van der Waals surface area contributed by atoms with Crippen molar-refractivity contribution >= 4 is 28.8 Å². The second-order valence-electron chi connectivity index (χ2n) is 4.78. The molecule has 2 rings (SSSR count). The zero-order chi connectivity index (χ0) is 15.6. The van der Waals surface area contributed by atoms with Crippen molar-refractivity contribution in [3.63, 3.8) is 0 Å². The molecule has 0 radical (unpaired) electrons. The fourth-order valence-corrected chi connectivity index (χ4v) is 3.85. The molecule has 1 unspecified atom stereocenters. The summed E-state index contributed by atoms with van der Waals surface area (Å²) in [4.78, 5) is 2.59. The maximum absolute atomic E-state index is 12.6. The van der Waals surface area contributed by atoms with Gasteiger partial charge >= 0.3 is 5.51 Å². The third kappa shape index (κ3) is 4.41. The first-order chi connectivity index (χ1) is 9.76. The fraction of sp³-hybridized carbons (Fsp3) is 0.333. The summed E-state index contributed by atoms with van der Waals surface area (Å²) in [6.07, 6.45) is 0. The second-order valence-corrected chi connectivity index (χ2v) is 7.35. The summed E-state index contributed by atoms with van der Waals surface area (Å²) in [6, 6.07) is 8.56. The van der Waals surface area contributed by atoms with Crippen LogP contribution in [0, 0.1) is 13.8 Å². The van der Waals surface area contributed by atoms with Crippen molar-refractivity contribution in [3.05, 3.63) is 45.6 Å². The first-order valence-electron chi connectivity index (χ1n) is 6.44. The van der Waals surface area contributed by atoms with Gasteiger partial charge < -0.3 is 5.32 Å². The minimum Gasteiger partial charge on any atom is -0.378 e. The van der Waals surface area contributed by atoms with E-state index in [2.05, 4.69) is 11.4 Å². The summed E-state index contributed by atoms with van der Waals surface area (Å²) in [7, 11) is 0. The van der Waals surface area contributed by atoms with Gasteiger partial charge in [0.1, 0.15) is 0 Å². The van der Waals surface area contributed by atoms with Gasteiger partial charge in [-0.2, -0.15) is 13.2 Å². The molecule has 1 aromatic carbocycles. The first kappa shape index (κ1) is 16.2. The molecule has 0 aliphatic heterocycles. The highest BCUT2D eigenvalue weighted by Gasteiger charge is 2.30. The highest BCUT2D eigenvalue weighted by Crippen LogP contribution is 2.41. The molecule has 0 aliphatic rings. The van der Waals surface area contributed by atoms with Crippen molar-refractivity contribution in [1.82, 2.24) is 0 Å². The van der Waals surface area contributed by atoms with Gasteiger partial charge in [0.05, 0.1) is 0 Å². The third-order valence-corrected chi connectivity index (χ3v) is 4.82. The molecule has 114 valence electrons. The SMILES string of the molecule is Cc1cc(C(C)Nc2ccccc2SC(F)(F)F)c(C)s1. The summed E-state index contributed by atoms with van der Waals surface area (Å²) < 4.78 is 37.8. The van der Waals surface area contributed by atoms with E-state index in [0.717, 1.165) is 5.56 Å². The van der Waals surface area contributed by atoms with Gasteiger partial charge in [-0.3, -0.25) is 0 Å². The lowest BCUT2D eigenvalue weighted by atomic mass is 10.1. The summed E-state index contributed by atoms with van der Waals surface area (Å²) in [5, 5.41) is 3.19. The fourth-order valence-electron chi connectivity index (χ4n) is 2.19. The predicted octanol–water partition coefficient (Wildman–Crippen LogP) is 6.15. The summed E-state index contributed by atoms with van der Waals surface area (Å²) in [6.45, 7) is 6.02. The second kappa shape index (κ2) is 6.32. The van der Waals surface area contributed by atoms with Crippen molar-refractivity contribution in [2.75, 3.05) is 5.32 Å². The number of hydrogen-bond donors (Lipinski definition) is 1. The number of anilines is 1. The Morgan fingerprint density at radius 1 is 1.19 bits per heavy atom. The monoisotopic (exact) mass is 331 g/mol. The quantitative estimate of drug-likeness (QED) is 0.674. The molecule has 1 atom stereocenters. The van der Waals surface area contributed by atoms with Gasteiger partial charge in [-0.25, -0.2) is 0 Å². The van der Waals surface area contributed by atoms with E-state index in [1.54, 1.807) is 29.5 Å². The van der Waals surface area contributed by atoms with Gasteiger partial charge in [-0.05, 0) is 56.3 Å². The summed E-state index contributed by atoms with van der Waals surface area (Å²) in [5.41, 5.74) is -2.64. The maximum Gasteiger partial charge on any atom is 0.446 e. The molecule has 0 saturated carbocycles. The molecule has 21 heavy (non-hydrogen) atoms. The lowest BCUT2D eigenvalue weighted by molar-refractivity contribution is -0.0327. The Morgan fingerprint density at radius 3 is 2.43 bits per heavy atom. The van der Waals surface area contributed by atoms with Crippen LogP contribution in [0.1, 0.15) is 28.3 Å². The topological polar surface area (TPSA) is 12.0 Å². The molecule has 1 nitrogen and oxygen atoms in total. The van der Waals surface area contributed by atoms with Gasteiger partial charge in [-0.15, -0.1) is 11.3 Å². The molecule has 6 heteroatoms. The number of aryl methyl sites for hydroxylation is 2. The van der Waals surface area contributed by atoms with E-state index in [4.69, 9.17) is 0 Å². The van der Waals surface area contributed by atoms with Crippen LogP contribution in [0.5, 0.6) is 0 Å². The van der Waals surface area contributed by atoms with E-state index in [-0.39, 0.29) is 22.7 Å². The molecular weight excluding hydrogens is 315 g/mol. The van der Waals surface area contributed by atoms with Gasteiger partial charge in [0.25, 0.3) is 0 Å². The number of hydrogen-bond acceptors (Lipinski definition) is 3. The normalized spacial score (nSPS) is 13.2. The Labute approximate surface area is 130 Å². The van der Waals surface area contributed by atoms with E-state index < -0.39 is 5.51 Å². The van der Waals surface area contributed by atoms with Crippen LogP contribution in [0.2, 0.25) is 0 Å². The van der Waals surface area contributed by atoms with Crippen molar-refractivity contribution in [1.29, 1.82) is 0 Å². The number of para-hydroxylation sites is 1. The minimum absolute atomic E-state index is 0.0371. The summed E-state index contributed by atoms with van der Waals surface area (Å²) >= 11 is 1.61. The van der Waals surface area contributed by atoms with Gasteiger partial charge in [0, 0.05) is 26.4 Å². The smallest absolute Gasteiger partial charge is 0.378 e. The largest absolute Gasteiger partial charge is 0.446 e. The number of thioether (sulfide) groups is 1. The van der Waals surface area contributed by atoms with Crippen LogP contribution in [0.25, 0.3) is 0 Å². The maximum atomic E-state index is 12.6. The molecule has 0 aliphatic carbocycles. The van der Waals surface area contributed by atoms with Gasteiger partial charge in [-0.1, -0.05) is 12.1 Å². The Hall–Kier alpha value is -1.14. The Kier molecular flexibility index (Phi) is 4.88. The average Bonchev–Trinajstić information content (AvgIpc) is 2.69. The zero-order valence-corrected chi connectivity index (χ0v) is 13.5. The number of halogens is 3. The van der Waals surface area contributed by atoms with E-state index >= 15 is 0 Å². The number of thiophene rings is 1. The van der Waals surface area contributed by atoms with E-state index in [9.17, 15) is 13.2 Å². The third-order valence-electron chi connectivity index (χ3n) is 3.03. The lowest BCUT2D eigenvalue weighted by Crippen LogP contribution is -2.08. The number of alkyl halides is 3. The Bertz CT molecular complexity index is 620. The van der Waals surface area contributed by atoms with Crippen LogP contribution in [-0.2, 0) is 0 Å². The highest BCUT2D eigenvalue weighted by atomic mass is 32.2. The molecule has 0 fully saturated rings. The highest BCUT2D eigenvalue weighted by molar-refractivity contribution is 8.00. The van der Waals surface area contributed by atoms with Crippen LogP contribution in [-0.4, -0.2) is 5.51 Å². The van der Waals surface area contributed by atoms with Gasteiger partial charge in [0.2, 0.25) is 0 Å². The number of benzene rings is 1. The number of nitrogens with one attached hydrogen (secondary N) is 1. The molecule has 0 saturated heterocycles. The van der Waals surface area contributed by atoms with Crippen LogP contribution in [0.3, 0.4) is 0 Å². The van der Waals surface area contributed by atoms with Crippen molar-refractivity contribution < 1.29 is 13.2 Å². The van der Waals surface area contributed by atoms with Crippen molar-refractivity contribution in [3.8, 4) is 0 Å². The van der Waals surface area contributed by atoms with Crippen LogP contribution < -0.4 is 5.32 Å². The van der Waals surface area contributed by atoms with Crippen LogP contribution in [0.15, 0.2) is 35.2 Å². The zero-order valence-electron chi connectivity index (χ0n) is 11.9. The summed E-state index contributed by atoms with van der Waals surface area (Å²) in [5.74, 6) is 0. The molecule has 1 N–H and O–H groups in total. The molecule has 0 spiro atoms. The Morgan fingerprint density at radius 2 is 1.86 bits per heavy atom. The van der Waals surface area contributed by atoms with E-state index in [0.29, 0.717) is 5.69 Å². The molecular formula is C15H16F3NS2. The standard InChI is InChI=1S/C15H16F3NS2/c1-9-8-12(11(3)20-9)10(2)19-13-6-4-5-7-14(13)21-15(16,17)18/h4-8,10,19H,1-3H3. The molecule has 0 bridgehead atoms. The van der Waals surface area contributed by atoms with E-state index in [1.165, 1.54) is 15.8 Å². The average molecular weight is 331 g/mol. The van der Waals surface area contributed by atoms with E-state index in [1.807, 2.05) is 20.8 Å². The molecule has 1 aromatic heterocycles. The Balaban J connectivity index is 2.21. The van der Waals surface area contributed by atoms with Crippen molar-refractivity contribution in [2.24, 2.45) is 0 Å². The molecule has 0 amide bonds. The predicted molar refractivity (Wildman–Crippen MR) is 84.2 cm³/mol. The number of rotatable bonds is 4. The van der Waals surface area contributed by atoms with Crippen LogP contribution in [0.4, 0.5) is 18.9 Å².